The van der Waals surface area contributed by atoms with Crippen molar-refractivity contribution in [1.29, 1.82) is 5.41 Å². The largest absolute Gasteiger partial charge is 0.384 e. The lowest BCUT2D eigenvalue weighted by atomic mass is 10.0. The molecule has 0 spiro atoms. The van der Waals surface area contributed by atoms with Gasteiger partial charge < -0.3 is 5.73 Å². The minimum atomic E-state index is 0.180. The van der Waals surface area contributed by atoms with Gasteiger partial charge >= 0.3 is 0 Å². The molecular weight excluding hydrogens is 174 g/mol. The van der Waals surface area contributed by atoms with Crippen LogP contribution < -0.4 is 5.73 Å². The van der Waals surface area contributed by atoms with Crippen LogP contribution in [0.1, 0.15) is 23.6 Å². The fourth-order valence-electron chi connectivity index (χ4n) is 1.97. The summed E-state index contributed by atoms with van der Waals surface area (Å²) >= 11 is 0. The summed E-state index contributed by atoms with van der Waals surface area (Å²) in [5.41, 5.74) is 9.00. The van der Waals surface area contributed by atoms with Crippen molar-refractivity contribution in [2.75, 3.05) is 6.54 Å². The number of amidine groups is 1. The molecule has 0 aliphatic carbocycles. The SMILES string of the molecule is CCN1Cc2cccc(C(=N)N)c2C1. The van der Waals surface area contributed by atoms with Crippen molar-refractivity contribution < 1.29 is 0 Å². The zero-order valence-electron chi connectivity index (χ0n) is 8.38. The molecule has 0 aromatic heterocycles. The van der Waals surface area contributed by atoms with E-state index < -0.39 is 0 Å². The Morgan fingerprint density at radius 2 is 2.29 bits per heavy atom. The van der Waals surface area contributed by atoms with E-state index in [1.807, 2.05) is 12.1 Å². The molecule has 3 heteroatoms. The van der Waals surface area contributed by atoms with E-state index in [0.717, 1.165) is 25.2 Å². The third-order valence-corrected chi connectivity index (χ3v) is 2.79. The highest BCUT2D eigenvalue weighted by Crippen LogP contribution is 2.25. The van der Waals surface area contributed by atoms with Gasteiger partial charge in [0.05, 0.1) is 0 Å². The number of rotatable bonds is 2. The number of nitrogens with one attached hydrogen (secondary N) is 1. The summed E-state index contributed by atoms with van der Waals surface area (Å²) in [7, 11) is 0. The molecule has 3 nitrogen and oxygen atoms in total. The van der Waals surface area contributed by atoms with Crippen molar-refractivity contribution in [2.24, 2.45) is 5.73 Å². The molecule has 0 atom stereocenters. The second kappa shape index (κ2) is 3.42. The molecule has 0 fully saturated rings. The van der Waals surface area contributed by atoms with Crippen molar-refractivity contribution in [3.05, 3.63) is 34.9 Å². The van der Waals surface area contributed by atoms with Crippen LogP contribution in [0.2, 0.25) is 0 Å². The van der Waals surface area contributed by atoms with Crippen LogP contribution in [0.5, 0.6) is 0 Å². The molecule has 0 amide bonds. The van der Waals surface area contributed by atoms with E-state index in [-0.39, 0.29) is 5.84 Å². The van der Waals surface area contributed by atoms with Crippen molar-refractivity contribution in [3.8, 4) is 0 Å². The Kier molecular flexibility index (Phi) is 2.25. The van der Waals surface area contributed by atoms with Crippen LogP contribution in [0.4, 0.5) is 0 Å². The summed E-state index contributed by atoms with van der Waals surface area (Å²) in [6.07, 6.45) is 0. The first-order chi connectivity index (χ1) is 6.72. The molecule has 0 radical (unpaired) electrons. The number of hydrogen-bond acceptors (Lipinski definition) is 2. The lowest BCUT2D eigenvalue weighted by Gasteiger charge is -2.10. The molecule has 1 aromatic carbocycles. The van der Waals surface area contributed by atoms with Crippen LogP contribution in [0, 0.1) is 5.41 Å². The van der Waals surface area contributed by atoms with Gasteiger partial charge in [-0.05, 0) is 17.7 Å². The normalized spacial score (nSPS) is 15.5. The predicted octanol–water partition coefficient (Wildman–Crippen LogP) is 1.31. The van der Waals surface area contributed by atoms with E-state index in [1.54, 1.807) is 0 Å². The Labute approximate surface area is 84.0 Å². The molecule has 1 aliphatic heterocycles. The topological polar surface area (TPSA) is 53.1 Å². The van der Waals surface area contributed by atoms with Gasteiger partial charge in [-0.3, -0.25) is 10.3 Å². The van der Waals surface area contributed by atoms with Gasteiger partial charge in [-0.1, -0.05) is 25.1 Å². The van der Waals surface area contributed by atoms with Crippen LogP contribution in [0.25, 0.3) is 0 Å². The Morgan fingerprint density at radius 1 is 1.50 bits per heavy atom. The molecule has 0 bridgehead atoms. The van der Waals surface area contributed by atoms with Crippen LogP contribution >= 0.6 is 0 Å². The van der Waals surface area contributed by atoms with Crippen molar-refractivity contribution in [1.82, 2.24) is 4.90 Å². The number of nitrogens with two attached hydrogens (primary N) is 1. The molecule has 3 N–H and O–H groups in total. The van der Waals surface area contributed by atoms with E-state index in [4.69, 9.17) is 11.1 Å². The summed E-state index contributed by atoms with van der Waals surface area (Å²) in [6.45, 7) is 5.12. The van der Waals surface area contributed by atoms with E-state index in [0.29, 0.717) is 0 Å². The monoisotopic (exact) mass is 189 g/mol. The van der Waals surface area contributed by atoms with Crippen LogP contribution in [0.3, 0.4) is 0 Å². The van der Waals surface area contributed by atoms with Gasteiger partial charge in [-0.2, -0.15) is 0 Å². The van der Waals surface area contributed by atoms with Crippen LogP contribution in [-0.2, 0) is 13.1 Å². The van der Waals surface area contributed by atoms with Gasteiger partial charge in [0.15, 0.2) is 0 Å². The highest BCUT2D eigenvalue weighted by atomic mass is 15.1. The maximum Gasteiger partial charge on any atom is 0.123 e. The van der Waals surface area contributed by atoms with E-state index in [2.05, 4.69) is 17.9 Å². The number of benzene rings is 1. The Hall–Kier alpha value is -1.35. The lowest BCUT2D eigenvalue weighted by Crippen LogP contribution is -2.17. The van der Waals surface area contributed by atoms with Crippen molar-refractivity contribution in [3.63, 3.8) is 0 Å². The minimum absolute atomic E-state index is 0.180. The minimum Gasteiger partial charge on any atom is -0.384 e. The summed E-state index contributed by atoms with van der Waals surface area (Å²) in [5, 5.41) is 7.49. The maximum absolute atomic E-state index is 7.49. The zero-order chi connectivity index (χ0) is 10.1. The van der Waals surface area contributed by atoms with E-state index in [9.17, 15) is 0 Å². The Bertz CT molecular complexity index is 371. The van der Waals surface area contributed by atoms with Crippen LogP contribution in [-0.4, -0.2) is 17.3 Å². The summed E-state index contributed by atoms with van der Waals surface area (Å²) < 4.78 is 0. The Balaban J connectivity index is 2.41. The quantitative estimate of drug-likeness (QED) is 0.544. The maximum atomic E-state index is 7.49. The number of fused-ring (bicyclic) bond motifs is 1. The molecule has 1 aliphatic rings. The number of nitrogen functional groups attached to an aromatic ring is 1. The second-order valence-corrected chi connectivity index (χ2v) is 3.66. The van der Waals surface area contributed by atoms with Gasteiger partial charge in [0.1, 0.15) is 5.84 Å². The van der Waals surface area contributed by atoms with Crippen molar-refractivity contribution >= 4 is 5.84 Å². The summed E-state index contributed by atoms with van der Waals surface area (Å²) in [4.78, 5) is 2.34. The third-order valence-electron chi connectivity index (χ3n) is 2.79. The molecule has 0 unspecified atom stereocenters. The smallest absolute Gasteiger partial charge is 0.123 e. The van der Waals surface area contributed by atoms with Gasteiger partial charge in [0, 0.05) is 18.7 Å². The first kappa shape index (κ1) is 9.21. The third kappa shape index (κ3) is 1.40. The fraction of sp³-hybridized carbons (Fsp3) is 0.364. The summed E-state index contributed by atoms with van der Waals surface area (Å²) in [5.74, 6) is 0.180. The van der Waals surface area contributed by atoms with Gasteiger partial charge in [-0.25, -0.2) is 0 Å². The first-order valence-electron chi connectivity index (χ1n) is 4.90. The highest BCUT2D eigenvalue weighted by Gasteiger charge is 2.20. The van der Waals surface area contributed by atoms with E-state index >= 15 is 0 Å². The molecule has 2 rings (SSSR count). The number of nitrogens with zero attached hydrogens (tertiary/aromatic N) is 1. The number of hydrogen-bond donors (Lipinski definition) is 2. The van der Waals surface area contributed by atoms with Crippen molar-refractivity contribution in [2.45, 2.75) is 20.0 Å². The predicted molar refractivity (Wildman–Crippen MR) is 57.2 cm³/mol. The molecule has 1 heterocycles. The first-order valence-corrected chi connectivity index (χ1v) is 4.90. The van der Waals surface area contributed by atoms with Gasteiger partial charge in [-0.15, -0.1) is 0 Å². The average molecular weight is 189 g/mol. The molecule has 1 aromatic rings. The van der Waals surface area contributed by atoms with Gasteiger partial charge in [0.25, 0.3) is 0 Å². The average Bonchev–Trinajstić information content (AvgIpc) is 2.59. The fourth-order valence-corrected chi connectivity index (χ4v) is 1.97. The molecule has 14 heavy (non-hydrogen) atoms. The molecule has 0 saturated carbocycles. The van der Waals surface area contributed by atoms with Crippen LogP contribution in [0.15, 0.2) is 18.2 Å². The Morgan fingerprint density at radius 3 is 2.93 bits per heavy atom. The zero-order valence-corrected chi connectivity index (χ0v) is 8.38. The second-order valence-electron chi connectivity index (χ2n) is 3.66. The highest BCUT2D eigenvalue weighted by molar-refractivity contribution is 5.96. The standard InChI is InChI=1S/C11H15N3/c1-2-14-6-8-4-3-5-9(11(12)13)10(8)7-14/h3-5H,2,6-7H2,1H3,(H3,12,13). The van der Waals surface area contributed by atoms with E-state index in [1.165, 1.54) is 11.1 Å². The van der Waals surface area contributed by atoms with Gasteiger partial charge in [0.2, 0.25) is 0 Å². The lowest BCUT2D eigenvalue weighted by molar-refractivity contribution is 0.301. The molecule has 74 valence electrons. The summed E-state index contributed by atoms with van der Waals surface area (Å²) in [6, 6.07) is 6.03. The molecular formula is C11H15N3. The molecule has 0 saturated heterocycles.